The first-order valence-corrected chi connectivity index (χ1v) is 4.44. The molecule has 1 aliphatic rings. The minimum atomic E-state index is 0. The van der Waals surface area contributed by atoms with E-state index in [1.165, 1.54) is 11.3 Å². The molecule has 4 heteroatoms. The summed E-state index contributed by atoms with van der Waals surface area (Å²) in [5, 5.41) is 3.46. The van der Waals surface area contributed by atoms with E-state index in [9.17, 15) is 0 Å². The molecule has 2 rings (SSSR count). The van der Waals surface area contributed by atoms with E-state index in [1.807, 2.05) is 0 Å². The standard InChI is InChI=1S/C10H14N2.2ClH/c11-6-5-9-7-8-3-1-2-4-10(8)12-9;;/h1-4,9,12H,5-7,11H2;2*1H. The van der Waals surface area contributed by atoms with Crippen LogP contribution in [0.25, 0.3) is 0 Å². The van der Waals surface area contributed by atoms with Gasteiger partial charge in [0.1, 0.15) is 0 Å². The van der Waals surface area contributed by atoms with E-state index in [0.29, 0.717) is 6.04 Å². The summed E-state index contributed by atoms with van der Waals surface area (Å²) in [5.41, 5.74) is 8.22. The van der Waals surface area contributed by atoms with Crippen molar-refractivity contribution in [1.82, 2.24) is 0 Å². The summed E-state index contributed by atoms with van der Waals surface area (Å²) in [6.07, 6.45) is 2.20. The van der Waals surface area contributed by atoms with Gasteiger partial charge in [-0.2, -0.15) is 0 Å². The van der Waals surface area contributed by atoms with Crippen LogP contribution in [0.1, 0.15) is 12.0 Å². The summed E-state index contributed by atoms with van der Waals surface area (Å²) in [7, 11) is 0. The van der Waals surface area contributed by atoms with Gasteiger partial charge in [0.25, 0.3) is 0 Å². The predicted molar refractivity (Wildman–Crippen MR) is 65.7 cm³/mol. The Hall–Kier alpha value is -0.440. The fraction of sp³-hybridized carbons (Fsp3) is 0.400. The molecular formula is C10H16Cl2N2. The Kier molecular flexibility index (Phi) is 5.93. The van der Waals surface area contributed by atoms with Crippen molar-refractivity contribution in [3.8, 4) is 0 Å². The molecule has 3 N–H and O–H groups in total. The number of para-hydroxylation sites is 1. The lowest BCUT2D eigenvalue weighted by Crippen LogP contribution is -2.19. The third kappa shape index (κ3) is 2.77. The van der Waals surface area contributed by atoms with Crippen molar-refractivity contribution in [1.29, 1.82) is 0 Å². The summed E-state index contributed by atoms with van der Waals surface area (Å²) < 4.78 is 0. The van der Waals surface area contributed by atoms with E-state index in [0.717, 1.165) is 19.4 Å². The van der Waals surface area contributed by atoms with Gasteiger partial charge in [-0.1, -0.05) is 18.2 Å². The summed E-state index contributed by atoms with van der Waals surface area (Å²) >= 11 is 0. The Morgan fingerprint density at radius 3 is 2.64 bits per heavy atom. The molecule has 0 bridgehead atoms. The first-order chi connectivity index (χ1) is 5.90. The van der Waals surface area contributed by atoms with Gasteiger partial charge in [-0.05, 0) is 31.0 Å². The van der Waals surface area contributed by atoms with Crippen molar-refractivity contribution in [3.63, 3.8) is 0 Å². The quantitative estimate of drug-likeness (QED) is 0.824. The highest BCUT2D eigenvalue weighted by atomic mass is 35.5. The summed E-state index contributed by atoms with van der Waals surface area (Å²) in [6.45, 7) is 0.769. The van der Waals surface area contributed by atoms with Crippen LogP contribution in [0.2, 0.25) is 0 Å². The van der Waals surface area contributed by atoms with Crippen LogP contribution in [0.5, 0.6) is 0 Å². The van der Waals surface area contributed by atoms with Gasteiger partial charge in [-0.25, -0.2) is 0 Å². The highest BCUT2D eigenvalue weighted by Gasteiger charge is 2.18. The molecule has 1 atom stereocenters. The highest BCUT2D eigenvalue weighted by Crippen LogP contribution is 2.25. The topological polar surface area (TPSA) is 38.0 Å². The molecule has 0 aromatic heterocycles. The van der Waals surface area contributed by atoms with Crippen LogP contribution in [-0.4, -0.2) is 12.6 Å². The van der Waals surface area contributed by atoms with Gasteiger partial charge in [0.2, 0.25) is 0 Å². The van der Waals surface area contributed by atoms with Crippen LogP contribution < -0.4 is 11.1 Å². The molecule has 1 aromatic carbocycles. The zero-order valence-corrected chi connectivity index (χ0v) is 9.53. The molecule has 80 valence electrons. The maximum atomic E-state index is 5.50. The van der Waals surface area contributed by atoms with Gasteiger partial charge < -0.3 is 11.1 Å². The monoisotopic (exact) mass is 234 g/mol. The molecule has 0 saturated heterocycles. The first kappa shape index (κ1) is 13.6. The molecule has 2 nitrogen and oxygen atoms in total. The van der Waals surface area contributed by atoms with E-state index >= 15 is 0 Å². The van der Waals surface area contributed by atoms with Gasteiger partial charge in [0.15, 0.2) is 0 Å². The predicted octanol–water partition coefficient (Wildman–Crippen LogP) is 2.22. The molecule has 1 aliphatic heterocycles. The van der Waals surface area contributed by atoms with Crippen molar-refractivity contribution >= 4 is 30.5 Å². The van der Waals surface area contributed by atoms with Crippen molar-refractivity contribution in [2.45, 2.75) is 18.9 Å². The normalized spacial score (nSPS) is 17.4. The van der Waals surface area contributed by atoms with Crippen LogP contribution in [0.3, 0.4) is 0 Å². The van der Waals surface area contributed by atoms with Crippen LogP contribution in [0, 0.1) is 0 Å². The summed E-state index contributed by atoms with van der Waals surface area (Å²) in [5.74, 6) is 0. The third-order valence-electron chi connectivity index (χ3n) is 2.36. The number of anilines is 1. The molecule has 1 aromatic rings. The maximum absolute atomic E-state index is 5.50. The first-order valence-electron chi connectivity index (χ1n) is 4.44. The average Bonchev–Trinajstić information content (AvgIpc) is 2.47. The number of nitrogens with one attached hydrogen (secondary N) is 1. The lowest BCUT2D eigenvalue weighted by molar-refractivity contribution is 0.684. The Balaban J connectivity index is 0.000000845. The lowest BCUT2D eigenvalue weighted by atomic mass is 10.1. The number of benzene rings is 1. The molecule has 0 saturated carbocycles. The Morgan fingerprint density at radius 1 is 1.29 bits per heavy atom. The number of halogens is 2. The molecular weight excluding hydrogens is 219 g/mol. The molecule has 0 radical (unpaired) electrons. The number of fused-ring (bicyclic) bond motifs is 1. The summed E-state index contributed by atoms with van der Waals surface area (Å²) in [6, 6.07) is 9.03. The van der Waals surface area contributed by atoms with Crippen LogP contribution in [0.4, 0.5) is 5.69 Å². The van der Waals surface area contributed by atoms with Gasteiger partial charge in [-0.3, -0.25) is 0 Å². The van der Waals surface area contributed by atoms with Crippen LogP contribution in [-0.2, 0) is 6.42 Å². The second kappa shape index (κ2) is 6.12. The Morgan fingerprint density at radius 2 is 2.00 bits per heavy atom. The van der Waals surface area contributed by atoms with Gasteiger partial charge in [0.05, 0.1) is 0 Å². The largest absolute Gasteiger partial charge is 0.382 e. The van der Waals surface area contributed by atoms with Crippen molar-refractivity contribution in [2.75, 3.05) is 11.9 Å². The third-order valence-corrected chi connectivity index (χ3v) is 2.36. The maximum Gasteiger partial charge on any atom is 0.0375 e. The highest BCUT2D eigenvalue weighted by molar-refractivity contribution is 5.85. The van der Waals surface area contributed by atoms with Gasteiger partial charge >= 0.3 is 0 Å². The lowest BCUT2D eigenvalue weighted by Gasteiger charge is -2.08. The van der Waals surface area contributed by atoms with E-state index in [1.54, 1.807) is 0 Å². The second-order valence-corrected chi connectivity index (χ2v) is 3.28. The van der Waals surface area contributed by atoms with Gasteiger partial charge in [0, 0.05) is 11.7 Å². The molecule has 0 aliphatic carbocycles. The molecule has 0 spiro atoms. The van der Waals surface area contributed by atoms with E-state index in [-0.39, 0.29) is 24.8 Å². The van der Waals surface area contributed by atoms with E-state index in [2.05, 4.69) is 29.6 Å². The SMILES string of the molecule is Cl.Cl.NCCC1Cc2ccccc2N1. The molecule has 0 amide bonds. The van der Waals surface area contributed by atoms with E-state index < -0.39 is 0 Å². The minimum Gasteiger partial charge on any atom is -0.382 e. The minimum absolute atomic E-state index is 0. The zero-order chi connectivity index (χ0) is 8.39. The Bertz CT molecular complexity index is 254. The number of hydrogen-bond donors (Lipinski definition) is 2. The van der Waals surface area contributed by atoms with Crippen molar-refractivity contribution in [2.24, 2.45) is 5.73 Å². The fourth-order valence-electron chi connectivity index (χ4n) is 1.75. The fourth-order valence-corrected chi connectivity index (χ4v) is 1.75. The number of nitrogens with two attached hydrogens (primary N) is 1. The number of rotatable bonds is 2. The number of hydrogen-bond acceptors (Lipinski definition) is 2. The molecule has 1 unspecified atom stereocenters. The Labute approximate surface area is 97.1 Å². The smallest absolute Gasteiger partial charge is 0.0375 e. The molecule has 14 heavy (non-hydrogen) atoms. The molecule has 0 fully saturated rings. The van der Waals surface area contributed by atoms with E-state index in [4.69, 9.17) is 5.73 Å². The second-order valence-electron chi connectivity index (χ2n) is 3.28. The molecule has 1 heterocycles. The van der Waals surface area contributed by atoms with Crippen LogP contribution in [0.15, 0.2) is 24.3 Å². The average molecular weight is 235 g/mol. The summed E-state index contributed by atoms with van der Waals surface area (Å²) in [4.78, 5) is 0. The van der Waals surface area contributed by atoms with Crippen molar-refractivity contribution in [3.05, 3.63) is 29.8 Å². The zero-order valence-electron chi connectivity index (χ0n) is 7.90. The van der Waals surface area contributed by atoms with Crippen molar-refractivity contribution < 1.29 is 0 Å². The van der Waals surface area contributed by atoms with Crippen LogP contribution >= 0.6 is 24.8 Å². The van der Waals surface area contributed by atoms with Gasteiger partial charge in [-0.15, -0.1) is 24.8 Å².